The molecular formula is C14H28N2O. The first-order chi connectivity index (χ1) is 8.04. The lowest BCUT2D eigenvalue weighted by Gasteiger charge is -2.52. The average molecular weight is 240 g/mol. The Labute approximate surface area is 105 Å². The summed E-state index contributed by atoms with van der Waals surface area (Å²) in [5.41, 5.74) is 6.23. The van der Waals surface area contributed by atoms with E-state index in [1.54, 1.807) is 0 Å². The molecule has 2 aliphatic rings. The van der Waals surface area contributed by atoms with Gasteiger partial charge in [-0.3, -0.25) is 0 Å². The lowest BCUT2D eigenvalue weighted by atomic mass is 9.64. The third-order valence-electron chi connectivity index (χ3n) is 4.78. The molecule has 3 heteroatoms. The van der Waals surface area contributed by atoms with E-state index in [1.807, 2.05) is 0 Å². The van der Waals surface area contributed by atoms with Crippen LogP contribution in [0.15, 0.2) is 0 Å². The van der Waals surface area contributed by atoms with Crippen LogP contribution in [0.1, 0.15) is 46.5 Å². The third-order valence-corrected chi connectivity index (χ3v) is 4.78. The SMILES string of the molecule is CCOC1CC(NCC2CCC(N)C2)C1(C)C. The highest BCUT2D eigenvalue weighted by atomic mass is 16.5. The van der Waals surface area contributed by atoms with Crippen LogP contribution in [0.3, 0.4) is 0 Å². The Morgan fingerprint density at radius 2 is 2.06 bits per heavy atom. The molecule has 0 aliphatic heterocycles. The zero-order valence-electron chi connectivity index (χ0n) is 11.5. The Morgan fingerprint density at radius 1 is 1.29 bits per heavy atom. The summed E-state index contributed by atoms with van der Waals surface area (Å²) in [6, 6.07) is 1.07. The smallest absolute Gasteiger partial charge is 0.0655 e. The summed E-state index contributed by atoms with van der Waals surface area (Å²) in [7, 11) is 0. The van der Waals surface area contributed by atoms with Gasteiger partial charge < -0.3 is 15.8 Å². The number of ether oxygens (including phenoxy) is 1. The molecule has 0 amide bonds. The van der Waals surface area contributed by atoms with E-state index in [2.05, 4.69) is 26.1 Å². The maximum absolute atomic E-state index is 5.95. The molecule has 0 spiro atoms. The summed E-state index contributed by atoms with van der Waals surface area (Å²) in [5, 5.41) is 3.72. The van der Waals surface area contributed by atoms with Crippen LogP contribution in [0.4, 0.5) is 0 Å². The summed E-state index contributed by atoms with van der Waals surface area (Å²) in [6.45, 7) is 8.68. The summed E-state index contributed by atoms with van der Waals surface area (Å²) in [4.78, 5) is 0. The minimum Gasteiger partial charge on any atom is -0.378 e. The van der Waals surface area contributed by atoms with E-state index >= 15 is 0 Å². The van der Waals surface area contributed by atoms with Gasteiger partial charge in [-0.25, -0.2) is 0 Å². The maximum Gasteiger partial charge on any atom is 0.0655 e. The highest BCUT2D eigenvalue weighted by Gasteiger charge is 2.48. The molecule has 0 heterocycles. The van der Waals surface area contributed by atoms with Crippen molar-refractivity contribution in [3.05, 3.63) is 0 Å². The van der Waals surface area contributed by atoms with E-state index in [0.29, 0.717) is 18.2 Å². The second-order valence-electron chi connectivity index (χ2n) is 6.40. The molecule has 3 N–H and O–H groups in total. The zero-order chi connectivity index (χ0) is 12.5. The van der Waals surface area contributed by atoms with Crippen molar-refractivity contribution in [2.24, 2.45) is 17.1 Å². The van der Waals surface area contributed by atoms with Crippen molar-refractivity contribution in [1.82, 2.24) is 5.32 Å². The van der Waals surface area contributed by atoms with Gasteiger partial charge in [0.05, 0.1) is 6.10 Å². The maximum atomic E-state index is 5.95. The van der Waals surface area contributed by atoms with Crippen LogP contribution >= 0.6 is 0 Å². The molecule has 0 aromatic heterocycles. The van der Waals surface area contributed by atoms with Crippen molar-refractivity contribution in [2.45, 2.75) is 64.6 Å². The van der Waals surface area contributed by atoms with Crippen molar-refractivity contribution in [3.8, 4) is 0 Å². The van der Waals surface area contributed by atoms with Crippen LogP contribution in [0, 0.1) is 11.3 Å². The second-order valence-corrected chi connectivity index (χ2v) is 6.40. The highest BCUT2D eigenvalue weighted by Crippen LogP contribution is 2.42. The normalized spacial score (nSPS) is 40.2. The van der Waals surface area contributed by atoms with Gasteiger partial charge in [-0.1, -0.05) is 13.8 Å². The molecule has 2 aliphatic carbocycles. The zero-order valence-corrected chi connectivity index (χ0v) is 11.5. The number of hydrogen-bond acceptors (Lipinski definition) is 3. The van der Waals surface area contributed by atoms with Crippen LogP contribution in [0.2, 0.25) is 0 Å². The summed E-state index contributed by atoms with van der Waals surface area (Å²) in [6.07, 6.45) is 5.32. The monoisotopic (exact) mass is 240 g/mol. The molecule has 2 saturated carbocycles. The van der Waals surface area contributed by atoms with Crippen molar-refractivity contribution in [2.75, 3.05) is 13.2 Å². The van der Waals surface area contributed by atoms with Crippen molar-refractivity contribution >= 4 is 0 Å². The van der Waals surface area contributed by atoms with Crippen LogP contribution in [-0.4, -0.2) is 31.3 Å². The van der Waals surface area contributed by atoms with Crippen LogP contribution in [0.5, 0.6) is 0 Å². The second kappa shape index (κ2) is 5.25. The fourth-order valence-corrected chi connectivity index (χ4v) is 3.32. The van der Waals surface area contributed by atoms with E-state index < -0.39 is 0 Å². The van der Waals surface area contributed by atoms with Gasteiger partial charge in [0.25, 0.3) is 0 Å². The van der Waals surface area contributed by atoms with E-state index in [4.69, 9.17) is 10.5 Å². The fourth-order valence-electron chi connectivity index (χ4n) is 3.32. The van der Waals surface area contributed by atoms with E-state index in [1.165, 1.54) is 25.7 Å². The Morgan fingerprint density at radius 3 is 2.59 bits per heavy atom. The predicted molar refractivity (Wildman–Crippen MR) is 70.9 cm³/mol. The molecule has 4 atom stereocenters. The van der Waals surface area contributed by atoms with Gasteiger partial charge in [-0.15, -0.1) is 0 Å². The Balaban J connectivity index is 1.71. The van der Waals surface area contributed by atoms with E-state index in [9.17, 15) is 0 Å². The van der Waals surface area contributed by atoms with Crippen molar-refractivity contribution < 1.29 is 4.74 Å². The molecule has 4 unspecified atom stereocenters. The first-order valence-electron chi connectivity index (χ1n) is 7.14. The van der Waals surface area contributed by atoms with Crippen LogP contribution < -0.4 is 11.1 Å². The molecule has 0 aromatic carbocycles. The third kappa shape index (κ3) is 2.83. The lowest BCUT2D eigenvalue weighted by molar-refractivity contribution is -0.114. The Bertz CT molecular complexity index is 255. The van der Waals surface area contributed by atoms with Gasteiger partial charge in [-0.05, 0) is 45.1 Å². The first-order valence-corrected chi connectivity index (χ1v) is 7.14. The van der Waals surface area contributed by atoms with E-state index in [0.717, 1.165) is 19.1 Å². The van der Waals surface area contributed by atoms with Gasteiger partial charge in [0.15, 0.2) is 0 Å². The summed E-state index contributed by atoms with van der Waals surface area (Å²) in [5.74, 6) is 0.798. The Hall–Kier alpha value is -0.120. The van der Waals surface area contributed by atoms with Crippen molar-refractivity contribution in [3.63, 3.8) is 0 Å². The number of hydrogen-bond donors (Lipinski definition) is 2. The summed E-state index contributed by atoms with van der Waals surface area (Å²) >= 11 is 0. The number of rotatable bonds is 5. The molecule has 0 saturated heterocycles. The molecule has 3 nitrogen and oxygen atoms in total. The van der Waals surface area contributed by atoms with Gasteiger partial charge in [0.2, 0.25) is 0 Å². The molecule has 2 fully saturated rings. The van der Waals surface area contributed by atoms with E-state index in [-0.39, 0.29) is 5.41 Å². The van der Waals surface area contributed by atoms with Crippen LogP contribution in [0.25, 0.3) is 0 Å². The Kier molecular flexibility index (Phi) is 4.11. The molecule has 17 heavy (non-hydrogen) atoms. The highest BCUT2D eigenvalue weighted by molar-refractivity contribution is 5.03. The largest absolute Gasteiger partial charge is 0.378 e. The quantitative estimate of drug-likeness (QED) is 0.771. The standard InChI is InChI=1S/C14H28N2O/c1-4-17-13-8-12(14(13,2)3)16-9-10-5-6-11(15)7-10/h10-13,16H,4-9,15H2,1-3H3. The summed E-state index contributed by atoms with van der Waals surface area (Å²) < 4.78 is 5.75. The first kappa shape index (κ1) is 13.3. The fraction of sp³-hybridized carbons (Fsp3) is 1.00. The molecule has 0 aromatic rings. The number of nitrogens with one attached hydrogen (secondary N) is 1. The molecular weight excluding hydrogens is 212 g/mol. The lowest BCUT2D eigenvalue weighted by Crippen LogP contribution is -2.61. The molecule has 0 bridgehead atoms. The minimum absolute atomic E-state index is 0.288. The van der Waals surface area contributed by atoms with Crippen molar-refractivity contribution in [1.29, 1.82) is 0 Å². The van der Waals surface area contributed by atoms with Gasteiger partial charge >= 0.3 is 0 Å². The van der Waals surface area contributed by atoms with Gasteiger partial charge in [0.1, 0.15) is 0 Å². The molecule has 100 valence electrons. The predicted octanol–water partition coefficient (Wildman–Crippen LogP) is 1.91. The van der Waals surface area contributed by atoms with Gasteiger partial charge in [0, 0.05) is 24.1 Å². The topological polar surface area (TPSA) is 47.3 Å². The average Bonchev–Trinajstić information content (AvgIpc) is 2.68. The molecule has 0 radical (unpaired) electrons. The number of nitrogens with two attached hydrogens (primary N) is 1. The van der Waals surface area contributed by atoms with Crippen LogP contribution in [-0.2, 0) is 4.74 Å². The molecule has 2 rings (SSSR count). The van der Waals surface area contributed by atoms with Gasteiger partial charge in [-0.2, -0.15) is 0 Å². The minimum atomic E-state index is 0.288.